The van der Waals surface area contributed by atoms with E-state index in [1.165, 1.54) is 23.9 Å². The lowest BCUT2D eigenvalue weighted by Crippen LogP contribution is -1.93. The minimum absolute atomic E-state index is 0.0236. The molecule has 0 saturated heterocycles. The van der Waals surface area contributed by atoms with Crippen molar-refractivity contribution in [3.8, 4) is 0 Å². The molecule has 0 fully saturated rings. The maximum Gasteiger partial charge on any atom is 0.269 e. The number of nitro benzene ring substituents is 1. The standard InChI is InChI=1S/C13H10ClNO3S/c14-10-1-4-12(5-2-10)19-13-6-3-11(15(17)18)7-9(13)8-16/h1-7,16H,8H2. The quantitative estimate of drug-likeness (QED) is 0.686. The Morgan fingerprint density at radius 3 is 2.47 bits per heavy atom. The maximum absolute atomic E-state index is 10.7. The Kier molecular flexibility index (Phi) is 4.42. The van der Waals surface area contributed by atoms with Crippen molar-refractivity contribution in [2.45, 2.75) is 16.4 Å². The van der Waals surface area contributed by atoms with Crippen molar-refractivity contribution >= 4 is 29.1 Å². The SMILES string of the molecule is O=[N+]([O-])c1ccc(Sc2ccc(Cl)cc2)c(CO)c1. The molecule has 0 atom stereocenters. The summed E-state index contributed by atoms with van der Waals surface area (Å²) in [6, 6.07) is 11.7. The summed E-state index contributed by atoms with van der Waals surface area (Å²) < 4.78 is 0. The maximum atomic E-state index is 10.7. The lowest BCUT2D eigenvalue weighted by atomic mass is 10.2. The first-order valence-corrected chi connectivity index (χ1v) is 6.61. The second kappa shape index (κ2) is 6.06. The van der Waals surface area contributed by atoms with E-state index < -0.39 is 4.92 Å². The van der Waals surface area contributed by atoms with Gasteiger partial charge in [-0.2, -0.15) is 0 Å². The lowest BCUT2D eigenvalue weighted by molar-refractivity contribution is -0.385. The van der Waals surface area contributed by atoms with Crippen LogP contribution in [0.1, 0.15) is 5.56 Å². The van der Waals surface area contributed by atoms with Gasteiger partial charge in [-0.05, 0) is 35.9 Å². The van der Waals surface area contributed by atoms with E-state index in [1.54, 1.807) is 18.2 Å². The highest BCUT2D eigenvalue weighted by atomic mass is 35.5. The minimum Gasteiger partial charge on any atom is -0.392 e. The van der Waals surface area contributed by atoms with Gasteiger partial charge in [0.25, 0.3) is 5.69 Å². The van der Waals surface area contributed by atoms with Crippen molar-refractivity contribution in [3.63, 3.8) is 0 Å². The second-order valence-corrected chi connectivity index (χ2v) is 5.32. The van der Waals surface area contributed by atoms with E-state index in [1.807, 2.05) is 12.1 Å². The summed E-state index contributed by atoms with van der Waals surface area (Å²) in [5.74, 6) is 0. The van der Waals surface area contributed by atoms with Crippen LogP contribution in [0.25, 0.3) is 0 Å². The van der Waals surface area contributed by atoms with Crippen LogP contribution < -0.4 is 0 Å². The summed E-state index contributed by atoms with van der Waals surface area (Å²) in [7, 11) is 0. The predicted molar refractivity (Wildman–Crippen MR) is 74.6 cm³/mol. The molecular formula is C13H10ClNO3S. The van der Waals surface area contributed by atoms with Gasteiger partial charge >= 0.3 is 0 Å². The van der Waals surface area contributed by atoms with Crippen molar-refractivity contribution in [2.75, 3.05) is 0 Å². The van der Waals surface area contributed by atoms with Crippen molar-refractivity contribution in [2.24, 2.45) is 0 Å². The Bertz CT molecular complexity index is 601. The summed E-state index contributed by atoms with van der Waals surface area (Å²) in [4.78, 5) is 11.9. The molecule has 0 saturated carbocycles. The van der Waals surface area contributed by atoms with Gasteiger partial charge in [-0.25, -0.2) is 0 Å². The molecule has 19 heavy (non-hydrogen) atoms. The van der Waals surface area contributed by atoms with Gasteiger partial charge < -0.3 is 5.11 Å². The molecule has 6 heteroatoms. The third-order valence-electron chi connectivity index (χ3n) is 2.47. The van der Waals surface area contributed by atoms with E-state index in [0.717, 1.165) is 9.79 Å². The van der Waals surface area contributed by atoms with Crippen LogP contribution in [-0.4, -0.2) is 10.0 Å². The van der Waals surface area contributed by atoms with Gasteiger partial charge in [0.2, 0.25) is 0 Å². The number of rotatable bonds is 4. The number of aliphatic hydroxyl groups is 1. The predicted octanol–water partition coefficient (Wildman–Crippen LogP) is 3.89. The third-order valence-corrected chi connectivity index (χ3v) is 3.84. The lowest BCUT2D eigenvalue weighted by Gasteiger charge is -2.07. The molecular weight excluding hydrogens is 286 g/mol. The molecule has 0 aliphatic heterocycles. The minimum atomic E-state index is -0.476. The Balaban J connectivity index is 2.29. The zero-order chi connectivity index (χ0) is 13.8. The normalized spacial score (nSPS) is 10.4. The van der Waals surface area contributed by atoms with Gasteiger partial charge in [-0.15, -0.1) is 0 Å². The smallest absolute Gasteiger partial charge is 0.269 e. The molecule has 2 rings (SSSR count). The number of hydrogen-bond acceptors (Lipinski definition) is 4. The van der Waals surface area contributed by atoms with E-state index in [-0.39, 0.29) is 12.3 Å². The molecule has 0 aliphatic rings. The van der Waals surface area contributed by atoms with Crippen LogP contribution in [0.2, 0.25) is 5.02 Å². The number of nitro groups is 1. The van der Waals surface area contributed by atoms with Crippen LogP contribution in [-0.2, 0) is 6.61 Å². The molecule has 2 aromatic rings. The number of benzene rings is 2. The summed E-state index contributed by atoms with van der Waals surface area (Å²) in [5.41, 5.74) is 0.513. The Morgan fingerprint density at radius 2 is 1.89 bits per heavy atom. The molecule has 1 N–H and O–H groups in total. The van der Waals surface area contributed by atoms with E-state index in [4.69, 9.17) is 11.6 Å². The van der Waals surface area contributed by atoms with Gasteiger partial charge in [0.05, 0.1) is 11.5 Å². The summed E-state index contributed by atoms with van der Waals surface area (Å²) in [5, 5.41) is 20.6. The van der Waals surface area contributed by atoms with Crippen molar-refractivity contribution in [1.29, 1.82) is 0 Å². The van der Waals surface area contributed by atoms with Crippen LogP contribution in [0.4, 0.5) is 5.69 Å². The molecule has 0 amide bonds. The number of non-ortho nitro benzene ring substituents is 1. The highest BCUT2D eigenvalue weighted by Gasteiger charge is 2.11. The average molecular weight is 296 g/mol. The zero-order valence-electron chi connectivity index (χ0n) is 9.75. The first kappa shape index (κ1) is 13.9. The van der Waals surface area contributed by atoms with E-state index in [9.17, 15) is 15.2 Å². The van der Waals surface area contributed by atoms with E-state index in [0.29, 0.717) is 10.6 Å². The molecule has 0 spiro atoms. The average Bonchev–Trinajstić information content (AvgIpc) is 2.41. The Hall–Kier alpha value is -1.56. The van der Waals surface area contributed by atoms with Crippen LogP contribution in [0.5, 0.6) is 0 Å². The highest BCUT2D eigenvalue weighted by molar-refractivity contribution is 7.99. The van der Waals surface area contributed by atoms with Crippen LogP contribution in [0.15, 0.2) is 52.3 Å². The number of halogens is 1. The van der Waals surface area contributed by atoms with Gasteiger partial charge in [0.1, 0.15) is 0 Å². The summed E-state index contributed by atoms with van der Waals surface area (Å²) >= 11 is 7.23. The third kappa shape index (κ3) is 3.47. The summed E-state index contributed by atoms with van der Waals surface area (Å²) in [6.07, 6.45) is 0. The van der Waals surface area contributed by atoms with E-state index >= 15 is 0 Å². The number of aliphatic hydroxyl groups excluding tert-OH is 1. The van der Waals surface area contributed by atoms with Crippen LogP contribution >= 0.6 is 23.4 Å². The first-order chi connectivity index (χ1) is 9.10. The van der Waals surface area contributed by atoms with Crippen molar-refractivity contribution in [3.05, 3.63) is 63.2 Å². The van der Waals surface area contributed by atoms with Crippen molar-refractivity contribution < 1.29 is 10.0 Å². The molecule has 0 aliphatic carbocycles. The first-order valence-electron chi connectivity index (χ1n) is 5.42. The highest BCUT2D eigenvalue weighted by Crippen LogP contribution is 2.33. The molecule has 0 aromatic heterocycles. The van der Waals surface area contributed by atoms with Gasteiger partial charge in [-0.1, -0.05) is 23.4 Å². The molecule has 0 radical (unpaired) electrons. The fraction of sp³-hybridized carbons (Fsp3) is 0.0769. The van der Waals surface area contributed by atoms with Crippen LogP contribution in [0.3, 0.4) is 0 Å². The molecule has 0 bridgehead atoms. The fourth-order valence-electron chi connectivity index (χ4n) is 1.53. The molecule has 2 aromatic carbocycles. The topological polar surface area (TPSA) is 63.4 Å². The second-order valence-electron chi connectivity index (χ2n) is 3.76. The fourth-order valence-corrected chi connectivity index (χ4v) is 2.57. The van der Waals surface area contributed by atoms with Gasteiger partial charge in [0.15, 0.2) is 0 Å². The zero-order valence-corrected chi connectivity index (χ0v) is 11.3. The number of nitrogens with zero attached hydrogens (tertiary/aromatic N) is 1. The monoisotopic (exact) mass is 295 g/mol. The van der Waals surface area contributed by atoms with Crippen molar-refractivity contribution in [1.82, 2.24) is 0 Å². The molecule has 0 unspecified atom stereocenters. The molecule has 98 valence electrons. The summed E-state index contributed by atoms with van der Waals surface area (Å²) in [6.45, 7) is -0.238. The van der Waals surface area contributed by atoms with Crippen LogP contribution in [0, 0.1) is 10.1 Å². The molecule has 4 nitrogen and oxygen atoms in total. The Morgan fingerprint density at radius 1 is 1.21 bits per heavy atom. The van der Waals surface area contributed by atoms with Gasteiger partial charge in [-0.3, -0.25) is 10.1 Å². The number of hydrogen-bond donors (Lipinski definition) is 1. The molecule has 0 heterocycles. The van der Waals surface area contributed by atoms with Gasteiger partial charge in [0, 0.05) is 26.9 Å². The largest absolute Gasteiger partial charge is 0.392 e. The van der Waals surface area contributed by atoms with E-state index in [2.05, 4.69) is 0 Å². The Labute approximate surface area is 119 Å².